The summed E-state index contributed by atoms with van der Waals surface area (Å²) in [5, 5.41) is 9.41. The van der Waals surface area contributed by atoms with Gasteiger partial charge in [-0.2, -0.15) is 0 Å². The average molecular weight is 300 g/mol. The Labute approximate surface area is 129 Å². The van der Waals surface area contributed by atoms with Crippen LogP contribution in [0.2, 0.25) is 0 Å². The van der Waals surface area contributed by atoms with E-state index in [0.717, 1.165) is 17.1 Å². The van der Waals surface area contributed by atoms with Gasteiger partial charge in [-0.05, 0) is 18.1 Å². The Balaban J connectivity index is 1.93. The Hall–Kier alpha value is -2.37. The molecule has 0 saturated carbocycles. The lowest BCUT2D eigenvalue weighted by Gasteiger charge is -2.35. The Bertz CT molecular complexity index is 666. The van der Waals surface area contributed by atoms with Crippen molar-refractivity contribution in [1.82, 2.24) is 19.4 Å². The van der Waals surface area contributed by atoms with E-state index in [4.69, 9.17) is 0 Å². The van der Waals surface area contributed by atoms with Crippen LogP contribution in [0.1, 0.15) is 37.0 Å². The Morgan fingerprint density at radius 3 is 2.86 bits per heavy atom. The normalized spacial score (nSPS) is 17.6. The molecule has 0 aromatic carbocycles. The molecular weight excluding hydrogens is 280 g/mol. The molecule has 2 aromatic heterocycles. The van der Waals surface area contributed by atoms with Crippen molar-refractivity contribution in [3.05, 3.63) is 47.8 Å². The maximum Gasteiger partial charge on any atom is 0.407 e. The minimum atomic E-state index is -0.872. The van der Waals surface area contributed by atoms with E-state index in [-0.39, 0.29) is 12.0 Å². The number of carboxylic acid groups (broad SMARTS) is 1. The van der Waals surface area contributed by atoms with Crippen LogP contribution in [0.15, 0.2) is 30.7 Å². The summed E-state index contributed by atoms with van der Waals surface area (Å²) in [5.74, 6) is 0.188. The number of rotatable bonds is 3. The second-order valence-electron chi connectivity index (χ2n) is 5.94. The molecule has 3 rings (SSSR count). The van der Waals surface area contributed by atoms with Crippen LogP contribution in [0.25, 0.3) is 0 Å². The van der Waals surface area contributed by atoms with Crippen LogP contribution in [0.5, 0.6) is 0 Å². The molecule has 2 aromatic rings. The largest absolute Gasteiger partial charge is 0.465 e. The minimum Gasteiger partial charge on any atom is -0.465 e. The van der Waals surface area contributed by atoms with Gasteiger partial charge in [-0.3, -0.25) is 9.88 Å². The van der Waals surface area contributed by atoms with Crippen molar-refractivity contribution >= 4 is 6.09 Å². The van der Waals surface area contributed by atoms with Crippen molar-refractivity contribution < 1.29 is 9.90 Å². The molecule has 0 spiro atoms. The molecule has 0 fully saturated rings. The smallest absolute Gasteiger partial charge is 0.407 e. The van der Waals surface area contributed by atoms with E-state index in [1.54, 1.807) is 12.5 Å². The van der Waals surface area contributed by atoms with Crippen LogP contribution in [-0.2, 0) is 13.0 Å². The lowest BCUT2D eigenvalue weighted by atomic mass is 9.93. The fourth-order valence-electron chi connectivity index (χ4n) is 3.15. The second kappa shape index (κ2) is 5.79. The molecular formula is C16H20N4O2. The zero-order chi connectivity index (χ0) is 15.7. The van der Waals surface area contributed by atoms with Crippen LogP contribution in [0.3, 0.4) is 0 Å². The minimum absolute atomic E-state index is 0.175. The van der Waals surface area contributed by atoms with Crippen LogP contribution in [-0.4, -0.2) is 37.2 Å². The maximum atomic E-state index is 11.5. The predicted octanol–water partition coefficient (Wildman–Crippen LogP) is 2.56. The molecule has 1 atom stereocenters. The third-order valence-corrected chi connectivity index (χ3v) is 4.12. The van der Waals surface area contributed by atoms with Gasteiger partial charge in [0.25, 0.3) is 0 Å². The first-order valence-corrected chi connectivity index (χ1v) is 7.51. The lowest BCUT2D eigenvalue weighted by molar-refractivity contribution is 0.102. The zero-order valence-electron chi connectivity index (χ0n) is 12.8. The third-order valence-electron chi connectivity index (χ3n) is 4.12. The van der Waals surface area contributed by atoms with E-state index in [0.29, 0.717) is 19.5 Å². The molecule has 1 unspecified atom stereocenters. The first-order valence-electron chi connectivity index (χ1n) is 7.51. The summed E-state index contributed by atoms with van der Waals surface area (Å²) in [5.41, 5.74) is 2.99. The van der Waals surface area contributed by atoms with E-state index >= 15 is 0 Å². The number of imidazole rings is 1. The number of amides is 1. The van der Waals surface area contributed by atoms with Crippen molar-refractivity contribution in [2.45, 2.75) is 32.9 Å². The molecule has 116 valence electrons. The molecule has 1 aliphatic heterocycles. The van der Waals surface area contributed by atoms with E-state index in [9.17, 15) is 9.90 Å². The first-order chi connectivity index (χ1) is 10.6. The van der Waals surface area contributed by atoms with E-state index in [2.05, 4.69) is 14.5 Å². The summed E-state index contributed by atoms with van der Waals surface area (Å²) in [7, 11) is 0. The van der Waals surface area contributed by atoms with Crippen molar-refractivity contribution in [2.75, 3.05) is 6.54 Å². The van der Waals surface area contributed by atoms with Gasteiger partial charge in [0, 0.05) is 24.9 Å². The quantitative estimate of drug-likeness (QED) is 0.945. The number of hydrogen-bond acceptors (Lipinski definition) is 3. The van der Waals surface area contributed by atoms with Crippen LogP contribution in [0, 0.1) is 5.92 Å². The van der Waals surface area contributed by atoms with Crippen molar-refractivity contribution in [1.29, 1.82) is 0 Å². The standard InChI is InChI=1S/C16H20N4O2/c1-11(2)15-14-13(6-8-20(15)16(21)22)19(10-18-14)9-12-5-3-4-7-17-12/h3-5,7,10-11,15H,6,8-9H2,1-2H3,(H,21,22). The fourth-order valence-corrected chi connectivity index (χ4v) is 3.15. The van der Waals surface area contributed by atoms with Gasteiger partial charge in [0.05, 0.1) is 30.3 Å². The number of carbonyl (C=O) groups is 1. The summed E-state index contributed by atoms with van der Waals surface area (Å²) in [6.45, 7) is 5.25. The molecule has 6 nitrogen and oxygen atoms in total. The number of aromatic nitrogens is 3. The van der Waals surface area contributed by atoms with Gasteiger partial charge in [0.1, 0.15) is 0 Å². The Morgan fingerprint density at radius 1 is 1.41 bits per heavy atom. The van der Waals surface area contributed by atoms with Gasteiger partial charge in [-0.15, -0.1) is 0 Å². The van der Waals surface area contributed by atoms with E-state index < -0.39 is 6.09 Å². The highest BCUT2D eigenvalue weighted by Crippen LogP contribution is 2.34. The molecule has 1 aliphatic rings. The molecule has 22 heavy (non-hydrogen) atoms. The monoisotopic (exact) mass is 300 g/mol. The first kappa shape index (κ1) is 14.6. The topological polar surface area (TPSA) is 71.2 Å². The molecule has 0 bridgehead atoms. The highest BCUT2D eigenvalue weighted by Gasteiger charge is 2.35. The molecule has 0 saturated heterocycles. The summed E-state index contributed by atoms with van der Waals surface area (Å²) in [6, 6.07) is 5.67. The molecule has 0 radical (unpaired) electrons. The molecule has 1 amide bonds. The number of pyridine rings is 1. The average Bonchev–Trinajstić information content (AvgIpc) is 2.90. The highest BCUT2D eigenvalue weighted by molar-refractivity contribution is 5.66. The zero-order valence-corrected chi connectivity index (χ0v) is 12.8. The summed E-state index contributed by atoms with van der Waals surface area (Å²) in [6.07, 6.45) is 3.41. The van der Waals surface area contributed by atoms with Crippen molar-refractivity contribution in [3.63, 3.8) is 0 Å². The molecule has 3 heterocycles. The van der Waals surface area contributed by atoms with Gasteiger partial charge in [0.2, 0.25) is 0 Å². The van der Waals surface area contributed by atoms with Gasteiger partial charge >= 0.3 is 6.09 Å². The third kappa shape index (κ3) is 2.56. The molecule has 6 heteroatoms. The van der Waals surface area contributed by atoms with Crippen LogP contribution >= 0.6 is 0 Å². The Morgan fingerprint density at radius 2 is 2.23 bits per heavy atom. The predicted molar refractivity (Wildman–Crippen MR) is 81.6 cm³/mol. The van der Waals surface area contributed by atoms with Crippen LogP contribution < -0.4 is 0 Å². The molecule has 0 aliphatic carbocycles. The number of hydrogen-bond donors (Lipinski definition) is 1. The Kier molecular flexibility index (Phi) is 3.83. The van der Waals surface area contributed by atoms with Crippen molar-refractivity contribution in [2.24, 2.45) is 5.92 Å². The lowest BCUT2D eigenvalue weighted by Crippen LogP contribution is -2.42. The van der Waals surface area contributed by atoms with Crippen molar-refractivity contribution in [3.8, 4) is 0 Å². The maximum absolute atomic E-state index is 11.5. The van der Waals surface area contributed by atoms with Gasteiger partial charge in [0.15, 0.2) is 0 Å². The summed E-state index contributed by atoms with van der Waals surface area (Å²) >= 11 is 0. The highest BCUT2D eigenvalue weighted by atomic mass is 16.4. The van der Waals surface area contributed by atoms with Gasteiger partial charge < -0.3 is 9.67 Å². The fraction of sp³-hybridized carbons (Fsp3) is 0.438. The van der Waals surface area contributed by atoms with Crippen LogP contribution in [0.4, 0.5) is 4.79 Å². The van der Waals surface area contributed by atoms with E-state index in [1.165, 1.54) is 4.90 Å². The summed E-state index contributed by atoms with van der Waals surface area (Å²) < 4.78 is 2.09. The molecule has 1 N–H and O–H groups in total. The summed E-state index contributed by atoms with van der Waals surface area (Å²) in [4.78, 5) is 21.8. The number of fused-ring (bicyclic) bond motifs is 1. The number of nitrogens with zero attached hydrogens (tertiary/aromatic N) is 4. The van der Waals surface area contributed by atoms with E-state index in [1.807, 2.05) is 32.0 Å². The van der Waals surface area contributed by atoms with Gasteiger partial charge in [-0.25, -0.2) is 9.78 Å². The van der Waals surface area contributed by atoms with Gasteiger partial charge in [-0.1, -0.05) is 19.9 Å². The second-order valence-corrected chi connectivity index (χ2v) is 5.94. The SMILES string of the molecule is CC(C)C1c2ncn(Cc3ccccn3)c2CCN1C(=O)O.